The lowest BCUT2D eigenvalue weighted by Gasteiger charge is -2.05. The zero-order valence-corrected chi connectivity index (χ0v) is 16.5. The van der Waals surface area contributed by atoms with Crippen LogP contribution in [-0.2, 0) is 0 Å². The van der Waals surface area contributed by atoms with Gasteiger partial charge >= 0.3 is 0 Å². The summed E-state index contributed by atoms with van der Waals surface area (Å²) in [5, 5.41) is 21.1. The molecule has 144 valence electrons. The van der Waals surface area contributed by atoms with Crippen molar-refractivity contribution in [3.63, 3.8) is 0 Å². The minimum absolute atomic E-state index is 0.116. The van der Waals surface area contributed by atoms with Gasteiger partial charge in [0.2, 0.25) is 0 Å². The van der Waals surface area contributed by atoms with E-state index < -0.39 is 0 Å². The van der Waals surface area contributed by atoms with Gasteiger partial charge in [-0.25, -0.2) is 0 Å². The minimum atomic E-state index is -0.385. The van der Waals surface area contributed by atoms with Gasteiger partial charge in [0, 0.05) is 12.7 Å². The molecule has 3 heteroatoms. The first-order valence-electron chi connectivity index (χ1n) is 9.16. The van der Waals surface area contributed by atoms with Crippen molar-refractivity contribution in [1.29, 1.82) is 0 Å². The van der Waals surface area contributed by atoms with Crippen molar-refractivity contribution >= 4 is 27.3 Å². The van der Waals surface area contributed by atoms with Crippen LogP contribution in [0.1, 0.15) is 35.9 Å². The number of Topliss-reactive ketones (excluding diaryl/α,β-unsaturated/α-hetero) is 1. The standard InChI is InChI=1S/C12H12O.C12H10O.CH4O/c2*1-9(13)11-7-6-10-4-2-3-5-12(10)8-11;1-2/h2-9,13H,1H3;2-8H,1H3;2H,1H3. The third kappa shape index (κ3) is 5.49. The fourth-order valence-corrected chi connectivity index (χ4v) is 2.88. The van der Waals surface area contributed by atoms with Gasteiger partial charge in [0.1, 0.15) is 0 Å². The third-order valence-corrected chi connectivity index (χ3v) is 4.41. The van der Waals surface area contributed by atoms with Crippen molar-refractivity contribution in [3.8, 4) is 0 Å². The predicted molar refractivity (Wildman–Crippen MR) is 117 cm³/mol. The number of benzene rings is 4. The molecule has 0 saturated heterocycles. The Morgan fingerprint density at radius 1 is 0.714 bits per heavy atom. The topological polar surface area (TPSA) is 57.5 Å². The molecule has 0 aliphatic heterocycles. The molecule has 0 saturated carbocycles. The van der Waals surface area contributed by atoms with Gasteiger partial charge in [-0.3, -0.25) is 4.79 Å². The molecule has 0 amide bonds. The average Bonchev–Trinajstić information content (AvgIpc) is 2.75. The largest absolute Gasteiger partial charge is 0.400 e. The van der Waals surface area contributed by atoms with Crippen molar-refractivity contribution in [2.45, 2.75) is 20.0 Å². The summed E-state index contributed by atoms with van der Waals surface area (Å²) in [6.07, 6.45) is -0.385. The molecular formula is C25H26O3. The van der Waals surface area contributed by atoms with Gasteiger partial charge in [-0.1, -0.05) is 72.8 Å². The number of hydrogen-bond acceptors (Lipinski definition) is 3. The van der Waals surface area contributed by atoms with E-state index in [2.05, 4.69) is 12.1 Å². The van der Waals surface area contributed by atoms with E-state index >= 15 is 0 Å². The van der Waals surface area contributed by atoms with Gasteiger partial charge < -0.3 is 10.2 Å². The van der Waals surface area contributed by atoms with E-state index in [4.69, 9.17) is 5.11 Å². The molecule has 4 rings (SSSR count). The molecule has 0 spiro atoms. The van der Waals surface area contributed by atoms with Crippen LogP contribution in [0.2, 0.25) is 0 Å². The first-order chi connectivity index (χ1) is 13.5. The number of hydrogen-bond donors (Lipinski definition) is 2. The van der Waals surface area contributed by atoms with Crippen LogP contribution in [0.25, 0.3) is 21.5 Å². The molecule has 0 bridgehead atoms. The maximum atomic E-state index is 11.1. The number of ketones is 1. The Morgan fingerprint density at radius 3 is 1.68 bits per heavy atom. The fraction of sp³-hybridized carbons (Fsp3) is 0.160. The summed E-state index contributed by atoms with van der Waals surface area (Å²) in [7, 11) is 1.00. The van der Waals surface area contributed by atoms with Gasteiger partial charge in [-0.15, -0.1) is 0 Å². The maximum Gasteiger partial charge on any atom is 0.159 e. The maximum absolute atomic E-state index is 11.1. The number of carbonyl (C=O) groups excluding carboxylic acids is 1. The van der Waals surface area contributed by atoms with E-state index in [1.54, 1.807) is 13.8 Å². The Bertz CT molecular complexity index is 1050. The highest BCUT2D eigenvalue weighted by molar-refractivity contribution is 5.98. The number of rotatable bonds is 2. The molecule has 4 aromatic rings. The van der Waals surface area contributed by atoms with E-state index in [1.165, 1.54) is 16.2 Å². The Kier molecular flexibility index (Phi) is 7.88. The normalized spacial score (nSPS) is 11.0. The first-order valence-corrected chi connectivity index (χ1v) is 9.16. The molecule has 4 aromatic carbocycles. The first kappa shape index (κ1) is 21.3. The second-order valence-corrected chi connectivity index (χ2v) is 6.40. The second-order valence-electron chi connectivity index (χ2n) is 6.40. The lowest BCUT2D eigenvalue weighted by molar-refractivity contribution is 0.101. The fourth-order valence-electron chi connectivity index (χ4n) is 2.88. The Labute approximate surface area is 165 Å². The van der Waals surface area contributed by atoms with Gasteiger partial charge in [-0.05, 0) is 53.1 Å². The molecule has 1 unspecified atom stereocenters. The molecule has 0 aliphatic rings. The average molecular weight is 374 g/mol. The van der Waals surface area contributed by atoms with E-state index in [0.717, 1.165) is 23.6 Å². The zero-order valence-electron chi connectivity index (χ0n) is 16.5. The molecule has 0 heterocycles. The van der Waals surface area contributed by atoms with Crippen molar-refractivity contribution in [1.82, 2.24) is 0 Å². The summed E-state index contributed by atoms with van der Waals surface area (Å²) in [5.41, 5.74) is 1.75. The summed E-state index contributed by atoms with van der Waals surface area (Å²) in [6, 6.07) is 28.0. The summed E-state index contributed by atoms with van der Waals surface area (Å²) in [5.74, 6) is 0.116. The Hall–Kier alpha value is -3.01. The van der Waals surface area contributed by atoms with Crippen LogP contribution in [0.3, 0.4) is 0 Å². The van der Waals surface area contributed by atoms with Crippen molar-refractivity contribution in [2.75, 3.05) is 7.11 Å². The monoisotopic (exact) mass is 374 g/mol. The van der Waals surface area contributed by atoms with Crippen molar-refractivity contribution in [3.05, 3.63) is 96.1 Å². The minimum Gasteiger partial charge on any atom is -0.400 e. The number of aliphatic hydroxyl groups is 2. The third-order valence-electron chi connectivity index (χ3n) is 4.41. The number of carbonyl (C=O) groups is 1. The number of fused-ring (bicyclic) bond motifs is 2. The van der Waals surface area contributed by atoms with Crippen LogP contribution in [-0.4, -0.2) is 23.1 Å². The van der Waals surface area contributed by atoms with E-state index in [0.29, 0.717) is 0 Å². The number of aliphatic hydroxyl groups excluding tert-OH is 2. The summed E-state index contributed by atoms with van der Waals surface area (Å²) in [6.45, 7) is 3.37. The van der Waals surface area contributed by atoms with Gasteiger partial charge in [-0.2, -0.15) is 0 Å². The molecule has 0 fully saturated rings. The highest BCUT2D eigenvalue weighted by Gasteiger charge is 2.01. The summed E-state index contributed by atoms with van der Waals surface area (Å²) < 4.78 is 0. The second kappa shape index (κ2) is 10.4. The Morgan fingerprint density at radius 2 is 1.18 bits per heavy atom. The van der Waals surface area contributed by atoms with Crippen LogP contribution in [0, 0.1) is 0 Å². The summed E-state index contributed by atoms with van der Waals surface area (Å²) >= 11 is 0. The lowest BCUT2D eigenvalue weighted by Crippen LogP contribution is -1.90. The molecule has 3 nitrogen and oxygen atoms in total. The predicted octanol–water partition coefficient (Wildman–Crippen LogP) is 5.54. The van der Waals surface area contributed by atoms with Crippen LogP contribution < -0.4 is 0 Å². The molecular weight excluding hydrogens is 348 g/mol. The quantitative estimate of drug-likeness (QED) is 0.453. The highest BCUT2D eigenvalue weighted by atomic mass is 16.3. The highest BCUT2D eigenvalue weighted by Crippen LogP contribution is 2.19. The van der Waals surface area contributed by atoms with Gasteiger partial charge in [0.15, 0.2) is 5.78 Å². The van der Waals surface area contributed by atoms with Crippen LogP contribution in [0.4, 0.5) is 0 Å². The molecule has 28 heavy (non-hydrogen) atoms. The molecule has 0 aliphatic carbocycles. The van der Waals surface area contributed by atoms with E-state index in [-0.39, 0.29) is 11.9 Å². The smallest absolute Gasteiger partial charge is 0.159 e. The van der Waals surface area contributed by atoms with Crippen molar-refractivity contribution < 1.29 is 15.0 Å². The SMILES string of the molecule is CC(=O)c1ccc2ccccc2c1.CC(O)c1ccc2ccccc2c1.CO. The van der Waals surface area contributed by atoms with Gasteiger partial charge in [0.05, 0.1) is 6.10 Å². The van der Waals surface area contributed by atoms with E-state index in [9.17, 15) is 9.90 Å². The van der Waals surface area contributed by atoms with Crippen molar-refractivity contribution in [2.24, 2.45) is 0 Å². The zero-order chi connectivity index (χ0) is 20.5. The van der Waals surface area contributed by atoms with Crippen LogP contribution in [0.5, 0.6) is 0 Å². The Balaban J connectivity index is 0.000000184. The van der Waals surface area contributed by atoms with Crippen LogP contribution >= 0.6 is 0 Å². The molecule has 1 atom stereocenters. The molecule has 0 radical (unpaired) electrons. The van der Waals surface area contributed by atoms with Crippen LogP contribution in [0.15, 0.2) is 84.9 Å². The molecule has 0 aromatic heterocycles. The lowest BCUT2D eigenvalue weighted by atomic mass is 10.0. The summed E-state index contributed by atoms with van der Waals surface area (Å²) in [4.78, 5) is 11.1. The van der Waals surface area contributed by atoms with Gasteiger partial charge in [0.25, 0.3) is 0 Å². The van der Waals surface area contributed by atoms with E-state index in [1.807, 2.05) is 72.8 Å². The molecule has 2 N–H and O–H groups in total.